The molecule has 0 bridgehead atoms. The van der Waals surface area contributed by atoms with Crippen molar-refractivity contribution in [2.75, 3.05) is 5.32 Å². The SMILES string of the molecule is Cc1cccc(C(=O)Oc2ccccc2/C=N/NC(=O)C(=O)Nc2ccc(C)cc2C)c1. The lowest BCUT2D eigenvalue weighted by Crippen LogP contribution is -2.32. The number of hydrogen-bond acceptors (Lipinski definition) is 5. The summed E-state index contributed by atoms with van der Waals surface area (Å²) in [6.07, 6.45) is 1.31. The first-order chi connectivity index (χ1) is 15.3. The third-order valence-corrected chi connectivity index (χ3v) is 4.58. The summed E-state index contributed by atoms with van der Waals surface area (Å²) in [4.78, 5) is 36.6. The molecule has 0 spiro atoms. The molecule has 0 fully saturated rings. The molecule has 3 aromatic carbocycles. The number of rotatable bonds is 5. The van der Waals surface area contributed by atoms with E-state index in [0.717, 1.165) is 16.7 Å². The van der Waals surface area contributed by atoms with Crippen molar-refractivity contribution in [2.24, 2.45) is 5.10 Å². The molecule has 162 valence electrons. The Morgan fingerprint density at radius 1 is 0.844 bits per heavy atom. The molecule has 32 heavy (non-hydrogen) atoms. The molecule has 0 atom stereocenters. The highest BCUT2D eigenvalue weighted by atomic mass is 16.5. The number of nitrogens with zero attached hydrogens (tertiary/aromatic N) is 1. The highest BCUT2D eigenvalue weighted by Crippen LogP contribution is 2.18. The maximum absolute atomic E-state index is 12.4. The second kappa shape index (κ2) is 10.2. The summed E-state index contributed by atoms with van der Waals surface area (Å²) in [6.45, 7) is 5.67. The van der Waals surface area contributed by atoms with Gasteiger partial charge in [0.15, 0.2) is 0 Å². The molecule has 7 heteroatoms. The van der Waals surface area contributed by atoms with Crippen LogP contribution in [-0.2, 0) is 9.59 Å². The number of benzene rings is 3. The lowest BCUT2D eigenvalue weighted by atomic mass is 10.1. The molecular weight excluding hydrogens is 406 g/mol. The lowest BCUT2D eigenvalue weighted by Gasteiger charge is -2.08. The van der Waals surface area contributed by atoms with E-state index in [1.807, 2.05) is 39.0 Å². The van der Waals surface area contributed by atoms with Gasteiger partial charge in [0.05, 0.1) is 11.8 Å². The van der Waals surface area contributed by atoms with E-state index in [2.05, 4.69) is 15.8 Å². The number of carbonyl (C=O) groups is 3. The number of amides is 2. The molecule has 7 nitrogen and oxygen atoms in total. The third-order valence-electron chi connectivity index (χ3n) is 4.58. The van der Waals surface area contributed by atoms with Crippen LogP contribution in [0.2, 0.25) is 0 Å². The molecule has 0 unspecified atom stereocenters. The fourth-order valence-electron chi connectivity index (χ4n) is 2.96. The third kappa shape index (κ3) is 5.89. The molecule has 0 saturated carbocycles. The fourth-order valence-corrected chi connectivity index (χ4v) is 2.96. The highest BCUT2D eigenvalue weighted by molar-refractivity contribution is 6.39. The van der Waals surface area contributed by atoms with Crippen LogP contribution in [0.15, 0.2) is 71.8 Å². The van der Waals surface area contributed by atoms with Gasteiger partial charge in [0.1, 0.15) is 5.75 Å². The van der Waals surface area contributed by atoms with Crippen molar-refractivity contribution in [3.8, 4) is 5.75 Å². The molecule has 0 aliphatic heterocycles. The van der Waals surface area contributed by atoms with Gasteiger partial charge >= 0.3 is 17.8 Å². The summed E-state index contributed by atoms with van der Waals surface area (Å²) >= 11 is 0. The van der Waals surface area contributed by atoms with Crippen molar-refractivity contribution in [1.82, 2.24) is 5.43 Å². The van der Waals surface area contributed by atoms with Gasteiger partial charge in [-0.3, -0.25) is 9.59 Å². The van der Waals surface area contributed by atoms with Crippen molar-refractivity contribution in [1.29, 1.82) is 0 Å². The van der Waals surface area contributed by atoms with Gasteiger partial charge in [-0.1, -0.05) is 47.5 Å². The number of aryl methyl sites for hydroxylation is 3. The predicted octanol–water partition coefficient (Wildman–Crippen LogP) is 3.92. The van der Waals surface area contributed by atoms with Crippen LogP contribution in [0, 0.1) is 20.8 Å². The number of esters is 1. The van der Waals surface area contributed by atoms with Gasteiger partial charge in [-0.2, -0.15) is 5.10 Å². The van der Waals surface area contributed by atoms with Crippen LogP contribution in [0.3, 0.4) is 0 Å². The van der Waals surface area contributed by atoms with Crippen molar-refractivity contribution >= 4 is 29.7 Å². The Bertz CT molecular complexity index is 1200. The molecule has 3 rings (SSSR count). The first kappa shape index (κ1) is 22.4. The maximum Gasteiger partial charge on any atom is 0.343 e. The molecule has 0 aliphatic carbocycles. The zero-order valence-electron chi connectivity index (χ0n) is 18.0. The fraction of sp³-hybridized carbons (Fsp3) is 0.120. The Kier molecular flexibility index (Phi) is 7.13. The van der Waals surface area contributed by atoms with E-state index in [1.165, 1.54) is 6.21 Å². The Morgan fingerprint density at radius 3 is 2.34 bits per heavy atom. The van der Waals surface area contributed by atoms with Crippen molar-refractivity contribution in [3.63, 3.8) is 0 Å². The Balaban J connectivity index is 1.63. The van der Waals surface area contributed by atoms with Gasteiger partial charge in [0, 0.05) is 11.3 Å². The van der Waals surface area contributed by atoms with E-state index < -0.39 is 17.8 Å². The largest absolute Gasteiger partial charge is 0.422 e. The van der Waals surface area contributed by atoms with Crippen LogP contribution in [0.5, 0.6) is 5.75 Å². The zero-order chi connectivity index (χ0) is 23.1. The van der Waals surface area contributed by atoms with Crippen LogP contribution in [0.4, 0.5) is 5.69 Å². The van der Waals surface area contributed by atoms with Crippen LogP contribution in [0.1, 0.15) is 32.6 Å². The normalized spacial score (nSPS) is 10.6. The van der Waals surface area contributed by atoms with Gasteiger partial charge in [-0.25, -0.2) is 10.2 Å². The Morgan fingerprint density at radius 2 is 1.59 bits per heavy atom. The minimum Gasteiger partial charge on any atom is -0.422 e. The highest BCUT2D eigenvalue weighted by Gasteiger charge is 2.14. The van der Waals surface area contributed by atoms with Gasteiger partial charge in [0.25, 0.3) is 0 Å². The zero-order valence-corrected chi connectivity index (χ0v) is 18.0. The molecule has 0 aliphatic rings. The van der Waals surface area contributed by atoms with Crippen LogP contribution >= 0.6 is 0 Å². The monoisotopic (exact) mass is 429 g/mol. The number of nitrogens with one attached hydrogen (secondary N) is 2. The summed E-state index contributed by atoms with van der Waals surface area (Å²) in [5.74, 6) is -1.99. The van der Waals surface area contributed by atoms with Crippen molar-refractivity contribution < 1.29 is 19.1 Å². The van der Waals surface area contributed by atoms with Gasteiger partial charge in [-0.15, -0.1) is 0 Å². The molecule has 0 heterocycles. The average molecular weight is 429 g/mol. The predicted molar refractivity (Wildman–Crippen MR) is 123 cm³/mol. The second-order valence-electron chi connectivity index (χ2n) is 7.27. The van der Waals surface area contributed by atoms with Crippen LogP contribution < -0.4 is 15.5 Å². The minimum atomic E-state index is -0.921. The number of hydrazone groups is 1. The summed E-state index contributed by atoms with van der Waals surface area (Å²) in [6, 6.07) is 19.3. The van der Waals surface area contributed by atoms with Crippen molar-refractivity contribution in [3.05, 3.63) is 94.5 Å². The topological polar surface area (TPSA) is 96.9 Å². The van der Waals surface area contributed by atoms with Gasteiger partial charge < -0.3 is 10.1 Å². The smallest absolute Gasteiger partial charge is 0.343 e. The van der Waals surface area contributed by atoms with E-state index in [-0.39, 0.29) is 5.75 Å². The molecule has 0 saturated heterocycles. The molecule has 2 amide bonds. The Labute approximate surface area is 186 Å². The summed E-state index contributed by atoms with van der Waals surface area (Å²) in [5.41, 5.74) is 6.45. The second-order valence-corrected chi connectivity index (χ2v) is 7.27. The molecule has 2 N–H and O–H groups in total. The van der Waals surface area contributed by atoms with Crippen LogP contribution in [0.25, 0.3) is 0 Å². The number of ether oxygens (including phenoxy) is 1. The lowest BCUT2D eigenvalue weighted by molar-refractivity contribution is -0.136. The van der Waals surface area contributed by atoms with Crippen molar-refractivity contribution in [2.45, 2.75) is 20.8 Å². The van der Waals surface area contributed by atoms with Gasteiger partial charge in [-0.05, 0) is 56.7 Å². The summed E-state index contributed by atoms with van der Waals surface area (Å²) in [5, 5.41) is 6.37. The molecule has 3 aromatic rings. The van der Waals surface area contributed by atoms with E-state index in [0.29, 0.717) is 16.8 Å². The first-order valence-corrected chi connectivity index (χ1v) is 9.93. The summed E-state index contributed by atoms with van der Waals surface area (Å²) < 4.78 is 5.47. The molecular formula is C25H23N3O4. The molecule has 0 aromatic heterocycles. The van der Waals surface area contributed by atoms with Gasteiger partial charge in [0.2, 0.25) is 0 Å². The number of hydrogen-bond donors (Lipinski definition) is 2. The summed E-state index contributed by atoms with van der Waals surface area (Å²) in [7, 11) is 0. The number of carbonyl (C=O) groups excluding carboxylic acids is 3. The van der Waals surface area contributed by atoms with E-state index >= 15 is 0 Å². The average Bonchev–Trinajstić information content (AvgIpc) is 2.76. The quantitative estimate of drug-likeness (QED) is 0.211. The Hall–Kier alpha value is -4.26. The van der Waals surface area contributed by atoms with E-state index in [9.17, 15) is 14.4 Å². The van der Waals surface area contributed by atoms with E-state index in [1.54, 1.807) is 48.5 Å². The minimum absolute atomic E-state index is 0.275. The van der Waals surface area contributed by atoms with Crippen LogP contribution in [-0.4, -0.2) is 24.0 Å². The number of para-hydroxylation sites is 1. The molecule has 0 radical (unpaired) electrons. The van der Waals surface area contributed by atoms with E-state index in [4.69, 9.17) is 4.74 Å². The first-order valence-electron chi connectivity index (χ1n) is 9.93. The number of anilines is 1. The standard InChI is InChI=1S/C25H23N3O4/c1-16-7-6-9-19(14-16)25(31)32-22-10-5-4-8-20(22)15-26-28-24(30)23(29)27-21-12-11-17(2)13-18(21)3/h4-15H,1-3H3,(H,27,29)(H,28,30)/b26-15+. The maximum atomic E-state index is 12.4.